The van der Waals surface area contributed by atoms with Gasteiger partial charge in [-0.25, -0.2) is 9.59 Å². The minimum Gasteiger partial charge on any atom is -0.481 e. The fourth-order valence-electron chi connectivity index (χ4n) is 1.57. The summed E-state index contributed by atoms with van der Waals surface area (Å²) in [7, 11) is 0. The molecule has 1 heterocycles. The number of cyclic esters (lactones) is 1. The van der Waals surface area contributed by atoms with Crippen molar-refractivity contribution in [1.29, 1.82) is 0 Å². The maximum atomic E-state index is 11.5. The number of carboxylic acids is 1. The largest absolute Gasteiger partial charge is 0.481 e. The lowest BCUT2D eigenvalue weighted by Crippen LogP contribution is -2.53. The minimum absolute atomic E-state index is 0.0439. The fourth-order valence-corrected chi connectivity index (χ4v) is 1.57. The van der Waals surface area contributed by atoms with E-state index in [9.17, 15) is 14.4 Å². The van der Waals surface area contributed by atoms with Gasteiger partial charge in [-0.3, -0.25) is 4.79 Å². The van der Waals surface area contributed by atoms with Crippen LogP contribution in [0, 0.1) is 5.92 Å². The molecular weight excluding hydrogens is 242 g/mol. The van der Waals surface area contributed by atoms with Crippen LogP contribution in [-0.4, -0.2) is 41.4 Å². The molecule has 1 rings (SSSR count). The second kappa shape index (κ2) is 5.24. The van der Waals surface area contributed by atoms with Crippen LogP contribution < -0.4 is 5.32 Å². The number of hydrogen-bond donors (Lipinski definition) is 2. The van der Waals surface area contributed by atoms with Crippen molar-refractivity contribution >= 4 is 18.0 Å². The highest BCUT2D eigenvalue weighted by molar-refractivity contribution is 5.88. The Balaban J connectivity index is 2.69. The van der Waals surface area contributed by atoms with Crippen molar-refractivity contribution in [2.75, 3.05) is 6.61 Å². The molecule has 0 bridgehead atoms. The van der Waals surface area contributed by atoms with E-state index in [1.807, 2.05) is 0 Å². The van der Waals surface area contributed by atoms with Gasteiger partial charge in [0, 0.05) is 0 Å². The van der Waals surface area contributed by atoms with Crippen LogP contribution in [0.2, 0.25) is 0 Å². The van der Waals surface area contributed by atoms with E-state index in [1.165, 1.54) is 0 Å². The van der Waals surface area contributed by atoms with Crippen LogP contribution in [0.15, 0.2) is 0 Å². The van der Waals surface area contributed by atoms with E-state index in [0.29, 0.717) is 0 Å². The summed E-state index contributed by atoms with van der Waals surface area (Å²) >= 11 is 0. The Hall–Kier alpha value is -1.79. The number of carbonyl (C=O) groups is 3. The molecule has 2 atom stereocenters. The number of nitrogens with one attached hydrogen (secondary N) is 1. The number of rotatable bonds is 2. The lowest BCUT2D eigenvalue weighted by atomic mass is 9.94. The summed E-state index contributed by atoms with van der Waals surface area (Å²) in [6.45, 7) is 5.05. The molecule has 0 aromatic heterocycles. The van der Waals surface area contributed by atoms with Gasteiger partial charge >= 0.3 is 18.0 Å². The second-order valence-electron chi connectivity index (χ2n) is 5.02. The van der Waals surface area contributed by atoms with Gasteiger partial charge in [0.05, 0.1) is 12.5 Å². The molecule has 0 aromatic carbocycles. The number of alkyl carbamates (subject to hydrolysis) is 1. The van der Waals surface area contributed by atoms with E-state index in [2.05, 4.69) is 5.32 Å². The van der Waals surface area contributed by atoms with Gasteiger partial charge in [0.25, 0.3) is 0 Å². The molecule has 2 unspecified atom stereocenters. The van der Waals surface area contributed by atoms with Crippen molar-refractivity contribution in [1.82, 2.24) is 5.32 Å². The zero-order chi connectivity index (χ0) is 13.9. The third-order valence-electron chi connectivity index (χ3n) is 2.32. The maximum Gasteiger partial charge on any atom is 0.408 e. The SMILES string of the molecule is CC(C)(C)OC(=O)NC1C(=O)OCCC1C(=O)O. The summed E-state index contributed by atoms with van der Waals surface area (Å²) in [6, 6.07) is -1.20. The molecule has 1 aliphatic rings. The molecule has 7 nitrogen and oxygen atoms in total. The minimum atomic E-state index is -1.20. The summed E-state index contributed by atoms with van der Waals surface area (Å²) in [5.41, 5.74) is -0.721. The molecule has 1 aliphatic heterocycles. The Morgan fingerprint density at radius 3 is 2.56 bits per heavy atom. The van der Waals surface area contributed by atoms with Crippen molar-refractivity contribution in [2.24, 2.45) is 5.92 Å². The Morgan fingerprint density at radius 2 is 2.06 bits per heavy atom. The summed E-state index contributed by atoms with van der Waals surface area (Å²) in [4.78, 5) is 33.9. The van der Waals surface area contributed by atoms with Crippen LogP contribution in [0.1, 0.15) is 27.2 Å². The molecule has 7 heteroatoms. The summed E-state index contributed by atoms with van der Waals surface area (Å²) in [6.07, 6.45) is -0.667. The molecule has 1 saturated heterocycles. The number of ether oxygens (including phenoxy) is 2. The van der Waals surface area contributed by atoms with Gasteiger partial charge in [-0.15, -0.1) is 0 Å². The zero-order valence-electron chi connectivity index (χ0n) is 10.6. The van der Waals surface area contributed by atoms with Gasteiger partial charge in [0.1, 0.15) is 11.6 Å². The zero-order valence-corrected chi connectivity index (χ0v) is 10.6. The van der Waals surface area contributed by atoms with E-state index in [4.69, 9.17) is 14.6 Å². The number of amides is 1. The molecule has 0 spiro atoms. The highest BCUT2D eigenvalue weighted by atomic mass is 16.6. The van der Waals surface area contributed by atoms with Gasteiger partial charge in [-0.05, 0) is 27.2 Å². The normalized spacial score (nSPS) is 24.1. The van der Waals surface area contributed by atoms with Crippen molar-refractivity contribution in [3.63, 3.8) is 0 Å². The first-order valence-corrected chi connectivity index (χ1v) is 5.59. The van der Waals surface area contributed by atoms with E-state index < -0.39 is 35.6 Å². The standard InChI is InChI=1S/C11H17NO6/c1-11(2,3)18-10(16)12-7-6(8(13)14)4-5-17-9(7)15/h6-7H,4-5H2,1-3H3,(H,12,16)(H,13,14). The summed E-state index contributed by atoms with van der Waals surface area (Å²) in [5.74, 6) is -2.88. The molecule has 1 amide bonds. The monoisotopic (exact) mass is 259 g/mol. The van der Waals surface area contributed by atoms with E-state index in [1.54, 1.807) is 20.8 Å². The maximum absolute atomic E-state index is 11.5. The molecule has 18 heavy (non-hydrogen) atoms. The number of esters is 1. The van der Waals surface area contributed by atoms with Crippen molar-refractivity contribution < 1.29 is 29.0 Å². The van der Waals surface area contributed by atoms with Crippen LogP contribution in [0.25, 0.3) is 0 Å². The average molecular weight is 259 g/mol. The first-order chi connectivity index (χ1) is 8.20. The van der Waals surface area contributed by atoms with Crippen molar-refractivity contribution in [3.05, 3.63) is 0 Å². The van der Waals surface area contributed by atoms with Crippen molar-refractivity contribution in [3.8, 4) is 0 Å². The lowest BCUT2D eigenvalue weighted by molar-refractivity contribution is -0.161. The van der Waals surface area contributed by atoms with Gasteiger partial charge in [-0.1, -0.05) is 0 Å². The number of hydrogen-bond acceptors (Lipinski definition) is 5. The number of aliphatic carboxylic acids is 1. The van der Waals surface area contributed by atoms with Crippen LogP contribution in [0.4, 0.5) is 4.79 Å². The molecule has 0 radical (unpaired) electrons. The second-order valence-corrected chi connectivity index (χ2v) is 5.02. The molecule has 0 aromatic rings. The van der Waals surface area contributed by atoms with E-state index in [0.717, 1.165) is 0 Å². The smallest absolute Gasteiger partial charge is 0.408 e. The van der Waals surface area contributed by atoms with E-state index in [-0.39, 0.29) is 13.0 Å². The predicted octanol–water partition coefficient (Wildman–Crippen LogP) is 0.527. The van der Waals surface area contributed by atoms with Crippen LogP contribution in [0.3, 0.4) is 0 Å². The van der Waals surface area contributed by atoms with Crippen molar-refractivity contribution in [2.45, 2.75) is 38.8 Å². The summed E-state index contributed by atoms with van der Waals surface area (Å²) < 4.78 is 9.70. The highest BCUT2D eigenvalue weighted by Crippen LogP contribution is 2.18. The van der Waals surface area contributed by atoms with Crippen LogP contribution >= 0.6 is 0 Å². The Bertz CT molecular complexity index is 359. The number of carboxylic acid groups (broad SMARTS) is 1. The van der Waals surface area contributed by atoms with Gasteiger partial charge in [0.15, 0.2) is 0 Å². The van der Waals surface area contributed by atoms with Crippen LogP contribution in [0.5, 0.6) is 0 Å². The Morgan fingerprint density at radius 1 is 1.44 bits per heavy atom. The number of carbonyl (C=O) groups excluding carboxylic acids is 2. The lowest BCUT2D eigenvalue weighted by Gasteiger charge is -2.29. The Labute approximate surface area is 104 Å². The van der Waals surface area contributed by atoms with Crippen LogP contribution in [-0.2, 0) is 19.1 Å². The molecule has 102 valence electrons. The Kier molecular flexibility index (Phi) is 4.15. The van der Waals surface area contributed by atoms with E-state index >= 15 is 0 Å². The van der Waals surface area contributed by atoms with Gasteiger partial charge < -0.3 is 19.9 Å². The van der Waals surface area contributed by atoms with Gasteiger partial charge in [0.2, 0.25) is 0 Å². The topological polar surface area (TPSA) is 102 Å². The fraction of sp³-hybridized carbons (Fsp3) is 0.727. The highest BCUT2D eigenvalue weighted by Gasteiger charge is 2.40. The molecule has 2 N–H and O–H groups in total. The predicted molar refractivity (Wildman–Crippen MR) is 59.9 cm³/mol. The quantitative estimate of drug-likeness (QED) is 0.701. The molecule has 1 fully saturated rings. The third-order valence-corrected chi connectivity index (χ3v) is 2.32. The van der Waals surface area contributed by atoms with Gasteiger partial charge in [-0.2, -0.15) is 0 Å². The third kappa shape index (κ3) is 3.90. The molecular formula is C11H17NO6. The molecule has 0 saturated carbocycles. The first kappa shape index (κ1) is 14.3. The average Bonchev–Trinajstić information content (AvgIpc) is 2.17. The molecule has 0 aliphatic carbocycles. The first-order valence-electron chi connectivity index (χ1n) is 5.59. The summed E-state index contributed by atoms with van der Waals surface area (Å²) in [5, 5.41) is 11.2.